The van der Waals surface area contributed by atoms with E-state index in [1.807, 2.05) is 6.07 Å². The molecular formula is C13H9ClF2IN. The lowest BCUT2D eigenvalue weighted by Crippen LogP contribution is -2.03. The number of halogens is 4. The fourth-order valence-electron chi connectivity index (χ4n) is 1.51. The van der Waals surface area contributed by atoms with Crippen LogP contribution in [0.2, 0.25) is 5.02 Å². The van der Waals surface area contributed by atoms with E-state index in [1.54, 1.807) is 12.1 Å². The van der Waals surface area contributed by atoms with Crippen LogP contribution in [0.4, 0.5) is 14.5 Å². The van der Waals surface area contributed by atoms with Gasteiger partial charge in [-0.1, -0.05) is 23.7 Å². The van der Waals surface area contributed by atoms with Gasteiger partial charge in [0.05, 0.1) is 10.7 Å². The second kappa shape index (κ2) is 5.84. The molecule has 18 heavy (non-hydrogen) atoms. The van der Waals surface area contributed by atoms with Crippen molar-refractivity contribution in [2.45, 2.75) is 6.54 Å². The number of nitrogens with one attached hydrogen (secondary N) is 1. The average molecular weight is 380 g/mol. The third-order valence-corrected chi connectivity index (χ3v) is 3.42. The zero-order valence-electron chi connectivity index (χ0n) is 9.18. The molecule has 0 bridgehead atoms. The largest absolute Gasteiger partial charge is 0.380 e. The van der Waals surface area contributed by atoms with Crippen LogP contribution in [0.1, 0.15) is 5.56 Å². The van der Waals surface area contributed by atoms with Crippen LogP contribution in [0.5, 0.6) is 0 Å². The van der Waals surface area contributed by atoms with Gasteiger partial charge in [0, 0.05) is 15.7 Å². The summed E-state index contributed by atoms with van der Waals surface area (Å²) in [5, 5.41) is 3.54. The standard InChI is InChI=1S/C13H9ClF2IN/c14-10-6-9(17)4-5-12(10)18-7-8-2-1-3-11(15)13(8)16/h1-6,18H,7H2. The molecule has 0 aliphatic heterocycles. The van der Waals surface area contributed by atoms with Gasteiger partial charge in [0.2, 0.25) is 0 Å². The Labute approximate surface area is 122 Å². The maximum absolute atomic E-state index is 13.4. The molecule has 1 N–H and O–H groups in total. The van der Waals surface area contributed by atoms with Crippen molar-refractivity contribution >= 4 is 39.9 Å². The first-order valence-electron chi connectivity index (χ1n) is 5.20. The molecule has 5 heteroatoms. The molecule has 0 saturated carbocycles. The molecule has 0 unspecified atom stereocenters. The molecule has 2 aromatic carbocycles. The Hall–Kier alpha value is -0.880. The molecule has 2 rings (SSSR count). The number of hydrogen-bond acceptors (Lipinski definition) is 1. The van der Waals surface area contributed by atoms with Crippen LogP contribution < -0.4 is 5.32 Å². The lowest BCUT2D eigenvalue weighted by atomic mass is 10.2. The molecule has 0 saturated heterocycles. The van der Waals surface area contributed by atoms with E-state index in [9.17, 15) is 8.78 Å². The Kier molecular flexibility index (Phi) is 4.40. The van der Waals surface area contributed by atoms with E-state index in [0.717, 1.165) is 9.64 Å². The van der Waals surface area contributed by atoms with Gasteiger partial charge in [-0.25, -0.2) is 8.78 Å². The van der Waals surface area contributed by atoms with Crippen LogP contribution in [-0.2, 0) is 6.54 Å². The van der Waals surface area contributed by atoms with Gasteiger partial charge in [-0.2, -0.15) is 0 Å². The maximum atomic E-state index is 13.4. The molecule has 0 heterocycles. The summed E-state index contributed by atoms with van der Waals surface area (Å²) in [5.41, 5.74) is 0.963. The summed E-state index contributed by atoms with van der Waals surface area (Å²) in [7, 11) is 0. The SMILES string of the molecule is Fc1cccc(CNc2ccc(I)cc2Cl)c1F. The van der Waals surface area contributed by atoms with Crippen LogP contribution >= 0.6 is 34.2 Å². The van der Waals surface area contributed by atoms with Crippen molar-refractivity contribution in [2.24, 2.45) is 0 Å². The van der Waals surface area contributed by atoms with Gasteiger partial charge in [0.1, 0.15) is 0 Å². The summed E-state index contributed by atoms with van der Waals surface area (Å²) in [4.78, 5) is 0. The van der Waals surface area contributed by atoms with E-state index >= 15 is 0 Å². The number of anilines is 1. The van der Waals surface area contributed by atoms with Crippen LogP contribution in [0.3, 0.4) is 0 Å². The fraction of sp³-hybridized carbons (Fsp3) is 0.0769. The molecule has 0 atom stereocenters. The number of hydrogen-bond donors (Lipinski definition) is 1. The van der Waals surface area contributed by atoms with E-state index in [1.165, 1.54) is 12.1 Å². The van der Waals surface area contributed by atoms with Gasteiger partial charge < -0.3 is 5.32 Å². The first-order valence-corrected chi connectivity index (χ1v) is 6.65. The highest BCUT2D eigenvalue weighted by molar-refractivity contribution is 14.1. The predicted octanol–water partition coefficient (Wildman–Crippen LogP) is 4.83. The van der Waals surface area contributed by atoms with E-state index < -0.39 is 11.6 Å². The first-order chi connectivity index (χ1) is 8.58. The zero-order chi connectivity index (χ0) is 13.1. The minimum Gasteiger partial charge on any atom is -0.380 e. The van der Waals surface area contributed by atoms with Crippen molar-refractivity contribution in [3.05, 3.63) is 62.2 Å². The molecule has 0 aliphatic rings. The number of benzene rings is 2. The van der Waals surface area contributed by atoms with E-state index in [-0.39, 0.29) is 12.1 Å². The second-order valence-electron chi connectivity index (χ2n) is 3.69. The van der Waals surface area contributed by atoms with Crippen molar-refractivity contribution in [1.82, 2.24) is 0 Å². The van der Waals surface area contributed by atoms with Crippen LogP contribution in [0.25, 0.3) is 0 Å². The van der Waals surface area contributed by atoms with E-state index in [0.29, 0.717) is 10.7 Å². The lowest BCUT2D eigenvalue weighted by molar-refractivity contribution is 0.500. The molecule has 0 amide bonds. The summed E-state index contributed by atoms with van der Waals surface area (Å²) in [6, 6.07) is 9.60. The Balaban J connectivity index is 2.14. The topological polar surface area (TPSA) is 12.0 Å². The highest BCUT2D eigenvalue weighted by Gasteiger charge is 2.08. The quantitative estimate of drug-likeness (QED) is 0.753. The minimum atomic E-state index is -0.844. The predicted molar refractivity (Wildman–Crippen MR) is 77.9 cm³/mol. The van der Waals surface area contributed by atoms with Crippen molar-refractivity contribution in [3.63, 3.8) is 0 Å². The van der Waals surface area contributed by atoms with Gasteiger partial charge in [0.25, 0.3) is 0 Å². The van der Waals surface area contributed by atoms with Gasteiger partial charge in [-0.3, -0.25) is 0 Å². The Morgan fingerprint density at radius 1 is 1.17 bits per heavy atom. The molecule has 2 aromatic rings. The van der Waals surface area contributed by atoms with Gasteiger partial charge >= 0.3 is 0 Å². The normalized spacial score (nSPS) is 10.4. The van der Waals surface area contributed by atoms with Gasteiger partial charge in [-0.05, 0) is 46.9 Å². The van der Waals surface area contributed by atoms with Crippen molar-refractivity contribution < 1.29 is 8.78 Å². The zero-order valence-corrected chi connectivity index (χ0v) is 12.1. The summed E-state index contributed by atoms with van der Waals surface area (Å²) < 4.78 is 27.4. The monoisotopic (exact) mass is 379 g/mol. The summed E-state index contributed by atoms with van der Waals surface area (Å²) in [6.45, 7) is 0.184. The molecular weight excluding hydrogens is 371 g/mol. The lowest BCUT2D eigenvalue weighted by Gasteiger charge is -2.09. The fourth-order valence-corrected chi connectivity index (χ4v) is 2.43. The summed E-state index contributed by atoms with van der Waals surface area (Å²) in [6.07, 6.45) is 0. The third-order valence-electron chi connectivity index (χ3n) is 2.43. The highest BCUT2D eigenvalue weighted by atomic mass is 127. The Bertz CT molecular complexity index is 575. The van der Waals surface area contributed by atoms with Crippen LogP contribution in [0.15, 0.2) is 36.4 Å². The molecule has 1 nitrogen and oxygen atoms in total. The first kappa shape index (κ1) is 13.5. The number of rotatable bonds is 3. The van der Waals surface area contributed by atoms with Crippen molar-refractivity contribution in [3.8, 4) is 0 Å². The molecule has 0 radical (unpaired) electrons. The van der Waals surface area contributed by atoms with Gasteiger partial charge in [0.15, 0.2) is 11.6 Å². The van der Waals surface area contributed by atoms with Crippen LogP contribution in [-0.4, -0.2) is 0 Å². The smallest absolute Gasteiger partial charge is 0.163 e. The van der Waals surface area contributed by atoms with Gasteiger partial charge in [-0.15, -0.1) is 0 Å². The maximum Gasteiger partial charge on any atom is 0.163 e. The third kappa shape index (κ3) is 3.11. The molecule has 0 aliphatic carbocycles. The highest BCUT2D eigenvalue weighted by Crippen LogP contribution is 2.24. The average Bonchev–Trinajstić information content (AvgIpc) is 2.33. The molecule has 94 valence electrons. The second-order valence-corrected chi connectivity index (χ2v) is 5.34. The Morgan fingerprint density at radius 3 is 2.67 bits per heavy atom. The summed E-state index contributed by atoms with van der Waals surface area (Å²) in [5.74, 6) is -1.67. The van der Waals surface area contributed by atoms with Crippen LogP contribution in [0, 0.1) is 15.2 Å². The van der Waals surface area contributed by atoms with Crippen molar-refractivity contribution in [2.75, 3.05) is 5.32 Å². The Morgan fingerprint density at radius 2 is 1.94 bits per heavy atom. The molecule has 0 fully saturated rings. The van der Waals surface area contributed by atoms with E-state index in [4.69, 9.17) is 11.6 Å². The minimum absolute atomic E-state index is 0.184. The molecule has 0 spiro atoms. The van der Waals surface area contributed by atoms with Crippen molar-refractivity contribution in [1.29, 1.82) is 0 Å². The summed E-state index contributed by atoms with van der Waals surface area (Å²) >= 11 is 8.18. The molecule has 0 aromatic heterocycles. The van der Waals surface area contributed by atoms with E-state index in [2.05, 4.69) is 27.9 Å².